The first-order valence-electron chi connectivity index (χ1n) is 5.54. The van der Waals surface area contributed by atoms with E-state index >= 15 is 0 Å². The summed E-state index contributed by atoms with van der Waals surface area (Å²) < 4.78 is 5.07. The summed E-state index contributed by atoms with van der Waals surface area (Å²) in [6, 6.07) is 7.24. The standard InChI is InChI=1S/C13H12ClN3O2/c1-8-15-12(14)11(7-18)13(16-8)17-9-3-5-10(19-2)6-4-9/h3-7H,1-2H3,(H,15,16,17). The lowest BCUT2D eigenvalue weighted by molar-refractivity contribution is 0.112. The number of ether oxygens (including phenoxy) is 1. The zero-order chi connectivity index (χ0) is 13.8. The Morgan fingerprint density at radius 1 is 1.26 bits per heavy atom. The van der Waals surface area contributed by atoms with E-state index < -0.39 is 0 Å². The Balaban J connectivity index is 2.34. The summed E-state index contributed by atoms with van der Waals surface area (Å²) in [6.45, 7) is 1.71. The minimum Gasteiger partial charge on any atom is -0.497 e. The number of nitrogens with one attached hydrogen (secondary N) is 1. The van der Waals surface area contributed by atoms with E-state index in [0.29, 0.717) is 17.9 Å². The van der Waals surface area contributed by atoms with Crippen molar-refractivity contribution in [3.05, 3.63) is 40.8 Å². The van der Waals surface area contributed by atoms with Gasteiger partial charge in [-0.1, -0.05) is 11.6 Å². The predicted octanol–water partition coefficient (Wildman–Crippen LogP) is 3.00. The number of aryl methyl sites for hydroxylation is 1. The van der Waals surface area contributed by atoms with Crippen molar-refractivity contribution in [2.45, 2.75) is 6.92 Å². The second-order valence-corrected chi connectivity index (χ2v) is 4.15. The molecule has 2 rings (SSSR count). The summed E-state index contributed by atoms with van der Waals surface area (Å²) in [4.78, 5) is 19.1. The van der Waals surface area contributed by atoms with Crippen LogP contribution < -0.4 is 10.1 Å². The summed E-state index contributed by atoms with van der Waals surface area (Å²) in [7, 11) is 1.60. The molecule has 1 aromatic carbocycles. The molecule has 0 unspecified atom stereocenters. The van der Waals surface area contributed by atoms with Crippen molar-refractivity contribution < 1.29 is 9.53 Å². The molecule has 1 heterocycles. The SMILES string of the molecule is COc1ccc(Nc2nc(C)nc(Cl)c2C=O)cc1. The lowest BCUT2D eigenvalue weighted by Gasteiger charge is -2.10. The van der Waals surface area contributed by atoms with E-state index in [4.69, 9.17) is 16.3 Å². The number of hydrogen-bond acceptors (Lipinski definition) is 5. The number of methoxy groups -OCH3 is 1. The van der Waals surface area contributed by atoms with Gasteiger partial charge >= 0.3 is 0 Å². The van der Waals surface area contributed by atoms with Crippen molar-refractivity contribution >= 4 is 29.4 Å². The van der Waals surface area contributed by atoms with Crippen molar-refractivity contribution in [1.82, 2.24) is 9.97 Å². The molecule has 0 atom stereocenters. The molecule has 0 amide bonds. The van der Waals surface area contributed by atoms with Crippen molar-refractivity contribution in [1.29, 1.82) is 0 Å². The maximum atomic E-state index is 11.0. The molecule has 1 aromatic heterocycles. The van der Waals surface area contributed by atoms with Gasteiger partial charge in [-0.25, -0.2) is 9.97 Å². The molecule has 0 aliphatic carbocycles. The van der Waals surface area contributed by atoms with Crippen LogP contribution in [0.15, 0.2) is 24.3 Å². The van der Waals surface area contributed by atoms with Crippen molar-refractivity contribution in [2.24, 2.45) is 0 Å². The Labute approximate surface area is 115 Å². The number of benzene rings is 1. The number of nitrogens with zero attached hydrogens (tertiary/aromatic N) is 2. The Bertz CT molecular complexity index is 600. The third-order valence-electron chi connectivity index (χ3n) is 2.48. The fourth-order valence-corrected chi connectivity index (χ4v) is 1.81. The molecule has 0 aliphatic rings. The smallest absolute Gasteiger partial charge is 0.156 e. The Morgan fingerprint density at radius 2 is 1.95 bits per heavy atom. The van der Waals surface area contributed by atoms with Gasteiger partial charge in [0.1, 0.15) is 22.5 Å². The fraction of sp³-hybridized carbons (Fsp3) is 0.154. The van der Waals surface area contributed by atoms with Gasteiger partial charge < -0.3 is 10.1 Å². The van der Waals surface area contributed by atoms with Gasteiger partial charge in [0, 0.05) is 5.69 Å². The number of aromatic nitrogens is 2. The number of anilines is 2. The second kappa shape index (κ2) is 5.67. The van der Waals surface area contributed by atoms with E-state index in [0.717, 1.165) is 11.4 Å². The van der Waals surface area contributed by atoms with Crippen LogP contribution in [0, 0.1) is 6.92 Å². The van der Waals surface area contributed by atoms with Crippen molar-refractivity contribution in [3.8, 4) is 5.75 Å². The maximum absolute atomic E-state index is 11.0. The zero-order valence-corrected chi connectivity index (χ0v) is 11.2. The summed E-state index contributed by atoms with van der Waals surface area (Å²) in [5.41, 5.74) is 1.01. The highest BCUT2D eigenvalue weighted by molar-refractivity contribution is 6.32. The molecule has 2 aromatic rings. The molecule has 19 heavy (non-hydrogen) atoms. The van der Waals surface area contributed by atoms with Gasteiger partial charge in [0.2, 0.25) is 0 Å². The van der Waals surface area contributed by atoms with Crippen LogP contribution in [0.2, 0.25) is 5.15 Å². The molecule has 0 bridgehead atoms. The third-order valence-corrected chi connectivity index (χ3v) is 2.77. The second-order valence-electron chi connectivity index (χ2n) is 3.80. The van der Waals surface area contributed by atoms with Gasteiger partial charge in [-0.3, -0.25) is 4.79 Å². The van der Waals surface area contributed by atoms with Crippen molar-refractivity contribution in [2.75, 3.05) is 12.4 Å². The average molecular weight is 278 g/mol. The van der Waals surface area contributed by atoms with Crippen LogP contribution in [0.5, 0.6) is 5.75 Å². The molecule has 0 spiro atoms. The molecule has 0 saturated carbocycles. The quantitative estimate of drug-likeness (QED) is 0.687. The highest BCUT2D eigenvalue weighted by Crippen LogP contribution is 2.24. The first-order chi connectivity index (χ1) is 9.13. The van der Waals surface area contributed by atoms with E-state index in [1.165, 1.54) is 0 Å². The highest BCUT2D eigenvalue weighted by atomic mass is 35.5. The average Bonchev–Trinajstić information content (AvgIpc) is 2.39. The summed E-state index contributed by atoms with van der Waals surface area (Å²) in [6.07, 6.45) is 0.633. The Kier molecular flexibility index (Phi) is 3.97. The molecule has 0 fully saturated rings. The first kappa shape index (κ1) is 13.3. The van der Waals surface area contributed by atoms with Gasteiger partial charge in [0.05, 0.1) is 12.7 Å². The maximum Gasteiger partial charge on any atom is 0.156 e. The van der Waals surface area contributed by atoms with Gasteiger partial charge in [-0.05, 0) is 31.2 Å². The summed E-state index contributed by atoms with van der Waals surface area (Å²) >= 11 is 5.91. The predicted molar refractivity (Wildman–Crippen MR) is 73.4 cm³/mol. The Hall–Kier alpha value is -2.14. The van der Waals surface area contributed by atoms with Gasteiger partial charge in [0.25, 0.3) is 0 Å². The van der Waals surface area contributed by atoms with Crippen LogP contribution in [0.25, 0.3) is 0 Å². The molecule has 0 radical (unpaired) electrons. The highest BCUT2D eigenvalue weighted by Gasteiger charge is 2.11. The molecule has 5 nitrogen and oxygen atoms in total. The molecular weight excluding hydrogens is 266 g/mol. The number of carbonyl (C=O) groups is 1. The van der Waals surface area contributed by atoms with Crippen LogP contribution in [-0.4, -0.2) is 23.4 Å². The first-order valence-corrected chi connectivity index (χ1v) is 5.92. The van der Waals surface area contributed by atoms with Crippen LogP contribution in [0.3, 0.4) is 0 Å². The largest absolute Gasteiger partial charge is 0.497 e. The normalized spacial score (nSPS) is 10.1. The number of halogens is 1. The number of aldehydes is 1. The number of carbonyl (C=O) groups excluding carboxylic acids is 1. The van der Waals surface area contributed by atoms with Crippen LogP contribution in [0.4, 0.5) is 11.5 Å². The van der Waals surface area contributed by atoms with E-state index in [9.17, 15) is 4.79 Å². The molecular formula is C13H12ClN3O2. The van der Waals surface area contributed by atoms with Crippen LogP contribution in [0.1, 0.15) is 16.2 Å². The van der Waals surface area contributed by atoms with E-state index in [1.54, 1.807) is 26.2 Å². The monoisotopic (exact) mass is 277 g/mol. The van der Waals surface area contributed by atoms with E-state index in [-0.39, 0.29) is 10.7 Å². The molecule has 98 valence electrons. The molecule has 6 heteroatoms. The number of rotatable bonds is 4. The fourth-order valence-electron chi connectivity index (χ4n) is 1.56. The minimum absolute atomic E-state index is 0.138. The van der Waals surface area contributed by atoms with E-state index in [2.05, 4.69) is 15.3 Å². The van der Waals surface area contributed by atoms with Gasteiger partial charge in [-0.2, -0.15) is 0 Å². The van der Waals surface area contributed by atoms with Crippen molar-refractivity contribution in [3.63, 3.8) is 0 Å². The van der Waals surface area contributed by atoms with Crippen LogP contribution in [-0.2, 0) is 0 Å². The minimum atomic E-state index is 0.138. The Morgan fingerprint density at radius 3 is 2.53 bits per heavy atom. The van der Waals surface area contributed by atoms with Crippen LogP contribution >= 0.6 is 11.6 Å². The van der Waals surface area contributed by atoms with Gasteiger partial charge in [-0.15, -0.1) is 0 Å². The summed E-state index contributed by atoms with van der Waals surface area (Å²) in [5, 5.41) is 3.17. The topological polar surface area (TPSA) is 64.1 Å². The van der Waals surface area contributed by atoms with Gasteiger partial charge in [0.15, 0.2) is 6.29 Å². The van der Waals surface area contributed by atoms with E-state index in [1.807, 2.05) is 12.1 Å². The molecule has 0 saturated heterocycles. The molecule has 0 aliphatic heterocycles. The third kappa shape index (κ3) is 3.00. The summed E-state index contributed by atoms with van der Waals surface area (Å²) in [5.74, 6) is 1.63. The molecule has 1 N–H and O–H groups in total. The number of hydrogen-bond donors (Lipinski definition) is 1. The lowest BCUT2D eigenvalue weighted by atomic mass is 10.2. The zero-order valence-electron chi connectivity index (χ0n) is 10.5. The lowest BCUT2D eigenvalue weighted by Crippen LogP contribution is -2.03.